The molecule has 24 heavy (non-hydrogen) atoms. The van der Waals surface area contributed by atoms with Gasteiger partial charge in [-0.1, -0.05) is 42.5 Å². The molecular formula is C20H27N3O. The quantitative estimate of drug-likeness (QED) is 0.888. The number of nitrogens with one attached hydrogen (secondary N) is 2. The Morgan fingerprint density at radius 3 is 2.71 bits per heavy atom. The molecule has 1 heterocycles. The average molecular weight is 325 g/mol. The minimum absolute atomic E-state index is 0.0278. The Morgan fingerprint density at radius 1 is 1.21 bits per heavy atom. The molecule has 1 amide bonds. The Kier molecular flexibility index (Phi) is 5.17. The van der Waals surface area contributed by atoms with Crippen LogP contribution in [0.3, 0.4) is 0 Å². The molecule has 2 aromatic rings. The maximum absolute atomic E-state index is 12.1. The molecule has 1 aliphatic rings. The number of carbonyl (C=O) groups excluding carboxylic acids is 1. The van der Waals surface area contributed by atoms with Crippen LogP contribution in [0.5, 0.6) is 0 Å². The van der Waals surface area contributed by atoms with Gasteiger partial charge in [-0.25, -0.2) is 0 Å². The van der Waals surface area contributed by atoms with Crippen molar-refractivity contribution in [3.05, 3.63) is 48.0 Å². The molecule has 128 valence electrons. The van der Waals surface area contributed by atoms with E-state index >= 15 is 0 Å². The van der Waals surface area contributed by atoms with Gasteiger partial charge in [0, 0.05) is 32.2 Å². The number of amides is 1. The van der Waals surface area contributed by atoms with Crippen molar-refractivity contribution in [1.82, 2.24) is 15.5 Å². The van der Waals surface area contributed by atoms with Gasteiger partial charge in [-0.3, -0.25) is 9.69 Å². The Hall–Kier alpha value is -1.91. The number of hydrogen-bond donors (Lipinski definition) is 2. The second-order valence-electron chi connectivity index (χ2n) is 6.87. The molecule has 1 fully saturated rings. The third kappa shape index (κ3) is 3.45. The predicted octanol–water partition coefficient (Wildman–Crippen LogP) is 2.53. The van der Waals surface area contributed by atoms with E-state index in [1.807, 2.05) is 0 Å². The van der Waals surface area contributed by atoms with Gasteiger partial charge in [0.25, 0.3) is 0 Å². The first kappa shape index (κ1) is 16.9. The molecule has 1 aliphatic heterocycles. The van der Waals surface area contributed by atoms with E-state index in [9.17, 15) is 4.79 Å². The number of benzene rings is 2. The Morgan fingerprint density at radius 2 is 1.96 bits per heavy atom. The molecular weight excluding hydrogens is 298 g/mol. The highest BCUT2D eigenvalue weighted by atomic mass is 16.2. The first-order valence-electron chi connectivity index (χ1n) is 8.77. The lowest BCUT2D eigenvalue weighted by Gasteiger charge is -2.26. The summed E-state index contributed by atoms with van der Waals surface area (Å²) in [5.74, 6) is 0.123. The van der Waals surface area contributed by atoms with Gasteiger partial charge in [-0.2, -0.15) is 0 Å². The van der Waals surface area contributed by atoms with Crippen molar-refractivity contribution in [3.8, 4) is 0 Å². The number of carbonyl (C=O) groups is 1. The zero-order valence-electron chi connectivity index (χ0n) is 14.8. The Bertz CT molecular complexity index is 708. The summed E-state index contributed by atoms with van der Waals surface area (Å²) in [6.45, 7) is 6.06. The summed E-state index contributed by atoms with van der Waals surface area (Å²) in [5, 5.41) is 9.04. The summed E-state index contributed by atoms with van der Waals surface area (Å²) in [5.41, 5.74) is 1.31. The van der Waals surface area contributed by atoms with Gasteiger partial charge in [0.1, 0.15) is 0 Å². The van der Waals surface area contributed by atoms with Crippen LogP contribution in [-0.4, -0.2) is 42.5 Å². The fraction of sp³-hybridized carbons (Fsp3) is 0.450. The summed E-state index contributed by atoms with van der Waals surface area (Å²) in [7, 11) is 1.72. The maximum Gasteiger partial charge on any atom is 0.237 e. The molecule has 0 unspecified atom stereocenters. The topological polar surface area (TPSA) is 44.4 Å². The van der Waals surface area contributed by atoms with Gasteiger partial charge in [-0.05, 0) is 36.6 Å². The number of likely N-dealkylation sites (tertiary alicyclic amines) is 1. The molecule has 0 saturated carbocycles. The van der Waals surface area contributed by atoms with E-state index in [4.69, 9.17) is 0 Å². The summed E-state index contributed by atoms with van der Waals surface area (Å²) < 4.78 is 0. The van der Waals surface area contributed by atoms with Crippen LogP contribution in [0.15, 0.2) is 42.5 Å². The number of nitrogens with zero attached hydrogens (tertiary/aromatic N) is 1. The molecule has 0 bridgehead atoms. The molecule has 3 rings (SSSR count). The molecule has 0 spiro atoms. The number of rotatable bonds is 5. The second-order valence-corrected chi connectivity index (χ2v) is 6.87. The van der Waals surface area contributed by atoms with Crippen molar-refractivity contribution < 1.29 is 4.79 Å². The predicted molar refractivity (Wildman–Crippen MR) is 98.9 cm³/mol. The molecule has 0 radical (unpaired) electrons. The van der Waals surface area contributed by atoms with Crippen LogP contribution in [0.25, 0.3) is 10.8 Å². The van der Waals surface area contributed by atoms with Crippen LogP contribution in [0.1, 0.15) is 25.8 Å². The molecule has 2 atom stereocenters. The third-order valence-electron chi connectivity index (χ3n) is 5.01. The monoisotopic (exact) mass is 325 g/mol. The molecule has 0 aromatic heterocycles. The lowest BCUT2D eigenvalue weighted by atomic mass is 10.0. The SMILES string of the molecule is CNC(=O)[C@@H]1C[C@@H](NCc2cccc3ccccc23)CN1C(C)C. The van der Waals surface area contributed by atoms with Crippen LogP contribution in [0.2, 0.25) is 0 Å². The zero-order valence-corrected chi connectivity index (χ0v) is 14.8. The minimum atomic E-state index is -0.0278. The summed E-state index contributed by atoms with van der Waals surface area (Å²) in [6.07, 6.45) is 0.864. The van der Waals surface area contributed by atoms with Gasteiger partial charge in [0.15, 0.2) is 0 Å². The van der Waals surface area contributed by atoms with E-state index in [-0.39, 0.29) is 11.9 Å². The molecule has 0 aliphatic carbocycles. The fourth-order valence-electron chi connectivity index (χ4n) is 3.70. The standard InChI is InChI=1S/C20H27N3O/c1-14(2)23-13-17(11-19(23)20(24)21-3)22-12-16-9-6-8-15-7-4-5-10-18(15)16/h4-10,14,17,19,22H,11-13H2,1-3H3,(H,21,24)/t17-,19+/m1/s1. The molecule has 2 N–H and O–H groups in total. The van der Waals surface area contributed by atoms with E-state index in [0.29, 0.717) is 12.1 Å². The van der Waals surface area contributed by atoms with Crippen molar-refractivity contribution in [2.75, 3.05) is 13.6 Å². The van der Waals surface area contributed by atoms with E-state index < -0.39 is 0 Å². The first-order valence-corrected chi connectivity index (χ1v) is 8.77. The van der Waals surface area contributed by atoms with Gasteiger partial charge >= 0.3 is 0 Å². The maximum atomic E-state index is 12.1. The second kappa shape index (κ2) is 7.32. The average Bonchev–Trinajstić information content (AvgIpc) is 3.04. The smallest absolute Gasteiger partial charge is 0.237 e. The highest BCUT2D eigenvalue weighted by molar-refractivity contribution is 5.85. The summed E-state index contributed by atoms with van der Waals surface area (Å²) in [6, 6.07) is 15.6. The summed E-state index contributed by atoms with van der Waals surface area (Å²) in [4.78, 5) is 14.4. The largest absolute Gasteiger partial charge is 0.358 e. The van der Waals surface area contributed by atoms with Gasteiger partial charge in [0.05, 0.1) is 6.04 Å². The third-order valence-corrected chi connectivity index (χ3v) is 5.01. The Balaban J connectivity index is 1.69. The van der Waals surface area contributed by atoms with E-state index in [2.05, 4.69) is 71.8 Å². The van der Waals surface area contributed by atoms with Crippen molar-refractivity contribution in [3.63, 3.8) is 0 Å². The molecule has 1 saturated heterocycles. The highest BCUT2D eigenvalue weighted by Gasteiger charge is 2.37. The lowest BCUT2D eigenvalue weighted by Crippen LogP contribution is -2.45. The highest BCUT2D eigenvalue weighted by Crippen LogP contribution is 2.23. The number of fused-ring (bicyclic) bond motifs is 1. The number of likely N-dealkylation sites (N-methyl/N-ethyl adjacent to an activating group) is 1. The van der Waals surface area contributed by atoms with Crippen LogP contribution >= 0.6 is 0 Å². The van der Waals surface area contributed by atoms with Crippen LogP contribution in [-0.2, 0) is 11.3 Å². The zero-order chi connectivity index (χ0) is 17.1. The van der Waals surface area contributed by atoms with Gasteiger partial charge in [0.2, 0.25) is 5.91 Å². The molecule has 4 heteroatoms. The van der Waals surface area contributed by atoms with Gasteiger partial charge in [-0.15, -0.1) is 0 Å². The van der Waals surface area contributed by atoms with E-state index in [1.54, 1.807) is 7.05 Å². The Labute approximate surface area is 144 Å². The van der Waals surface area contributed by atoms with Crippen LogP contribution in [0, 0.1) is 0 Å². The van der Waals surface area contributed by atoms with E-state index in [1.165, 1.54) is 16.3 Å². The molecule has 4 nitrogen and oxygen atoms in total. The fourth-order valence-corrected chi connectivity index (χ4v) is 3.70. The van der Waals surface area contributed by atoms with Crippen LogP contribution in [0.4, 0.5) is 0 Å². The number of hydrogen-bond acceptors (Lipinski definition) is 3. The van der Waals surface area contributed by atoms with Crippen molar-refractivity contribution in [2.24, 2.45) is 0 Å². The van der Waals surface area contributed by atoms with E-state index in [0.717, 1.165) is 19.5 Å². The minimum Gasteiger partial charge on any atom is -0.358 e. The van der Waals surface area contributed by atoms with Crippen molar-refractivity contribution in [2.45, 2.75) is 44.9 Å². The van der Waals surface area contributed by atoms with Crippen molar-refractivity contribution >= 4 is 16.7 Å². The lowest BCUT2D eigenvalue weighted by molar-refractivity contribution is -0.125. The van der Waals surface area contributed by atoms with Gasteiger partial charge < -0.3 is 10.6 Å². The van der Waals surface area contributed by atoms with Crippen molar-refractivity contribution in [1.29, 1.82) is 0 Å². The normalized spacial score (nSPS) is 21.5. The van der Waals surface area contributed by atoms with Crippen LogP contribution < -0.4 is 10.6 Å². The summed E-state index contributed by atoms with van der Waals surface area (Å²) >= 11 is 0. The molecule has 2 aromatic carbocycles. The first-order chi connectivity index (χ1) is 11.6.